The Hall–Kier alpha value is -1.76. The molecule has 1 fully saturated rings. The average Bonchev–Trinajstić information content (AvgIpc) is 2.87. The average molecular weight is 289 g/mol. The lowest BCUT2D eigenvalue weighted by atomic mass is 10.1. The number of carbonyl (C=O) groups is 1. The van der Waals surface area contributed by atoms with Gasteiger partial charge in [-0.15, -0.1) is 0 Å². The number of alkyl halides is 3. The number of nitrogens with two attached hydrogens (primary N) is 1. The van der Waals surface area contributed by atoms with Crippen molar-refractivity contribution in [3.05, 3.63) is 29.3 Å². The van der Waals surface area contributed by atoms with E-state index in [1.807, 2.05) is 0 Å². The Bertz CT molecular complexity index is 496. The predicted octanol–water partition coefficient (Wildman–Crippen LogP) is 2.48. The van der Waals surface area contributed by atoms with E-state index < -0.39 is 17.7 Å². The van der Waals surface area contributed by atoms with Gasteiger partial charge in [-0.25, -0.2) is 4.79 Å². The number of benzene rings is 1. The highest BCUT2D eigenvalue weighted by Crippen LogP contribution is 2.31. The summed E-state index contributed by atoms with van der Waals surface area (Å²) in [5, 5.41) is 0. The SMILES string of the molecule is Nc1cc(C(F)(F)F)ccc1C(=O)OCC1CCOC1. The van der Waals surface area contributed by atoms with Crippen molar-refractivity contribution in [1.29, 1.82) is 0 Å². The number of hydrogen-bond donors (Lipinski definition) is 1. The highest BCUT2D eigenvalue weighted by atomic mass is 19.4. The summed E-state index contributed by atoms with van der Waals surface area (Å²) in [6.45, 7) is 1.33. The van der Waals surface area contributed by atoms with E-state index in [1.54, 1.807) is 0 Å². The molecule has 2 N–H and O–H groups in total. The molecule has 1 atom stereocenters. The number of hydrogen-bond acceptors (Lipinski definition) is 4. The van der Waals surface area contributed by atoms with Gasteiger partial charge in [0.2, 0.25) is 0 Å². The third-order valence-electron chi connectivity index (χ3n) is 3.07. The Morgan fingerprint density at radius 1 is 1.45 bits per heavy atom. The minimum Gasteiger partial charge on any atom is -0.462 e. The molecule has 0 aromatic heterocycles. The first-order valence-corrected chi connectivity index (χ1v) is 6.09. The monoisotopic (exact) mass is 289 g/mol. The van der Waals surface area contributed by atoms with E-state index in [1.165, 1.54) is 0 Å². The van der Waals surface area contributed by atoms with Gasteiger partial charge in [0.05, 0.1) is 24.3 Å². The molecular formula is C13H14F3NO3. The molecular weight excluding hydrogens is 275 g/mol. The number of nitrogen functional groups attached to an aromatic ring is 1. The maximum Gasteiger partial charge on any atom is 0.416 e. The molecule has 0 saturated carbocycles. The molecule has 4 nitrogen and oxygen atoms in total. The Labute approximate surface area is 113 Å². The van der Waals surface area contributed by atoms with Crippen LogP contribution in [0.4, 0.5) is 18.9 Å². The molecule has 1 aliphatic rings. The zero-order valence-electron chi connectivity index (χ0n) is 10.6. The molecule has 7 heteroatoms. The van der Waals surface area contributed by atoms with Gasteiger partial charge >= 0.3 is 12.1 Å². The van der Waals surface area contributed by atoms with E-state index in [-0.39, 0.29) is 23.8 Å². The van der Waals surface area contributed by atoms with E-state index >= 15 is 0 Å². The zero-order chi connectivity index (χ0) is 14.8. The van der Waals surface area contributed by atoms with Crippen LogP contribution >= 0.6 is 0 Å². The fraction of sp³-hybridized carbons (Fsp3) is 0.462. The van der Waals surface area contributed by atoms with E-state index in [0.717, 1.165) is 24.6 Å². The van der Waals surface area contributed by atoms with E-state index in [2.05, 4.69) is 0 Å². The first-order chi connectivity index (χ1) is 9.38. The standard InChI is InChI=1S/C13H14F3NO3/c14-13(15,16)9-1-2-10(11(17)5-9)12(18)20-7-8-3-4-19-6-8/h1-2,5,8H,3-4,6-7,17H2. The molecule has 1 aliphatic heterocycles. The Morgan fingerprint density at radius 3 is 2.75 bits per heavy atom. The van der Waals surface area contributed by atoms with Crippen LogP contribution < -0.4 is 5.73 Å². The van der Waals surface area contributed by atoms with Crippen molar-refractivity contribution in [2.24, 2.45) is 5.92 Å². The molecule has 2 rings (SSSR count). The van der Waals surface area contributed by atoms with Crippen molar-refractivity contribution in [3.8, 4) is 0 Å². The summed E-state index contributed by atoms with van der Waals surface area (Å²) >= 11 is 0. The summed E-state index contributed by atoms with van der Waals surface area (Å²) in [4.78, 5) is 11.8. The molecule has 0 radical (unpaired) electrons. The van der Waals surface area contributed by atoms with E-state index in [0.29, 0.717) is 13.2 Å². The number of anilines is 1. The second kappa shape index (κ2) is 5.70. The minimum absolute atomic E-state index is 0.0584. The molecule has 20 heavy (non-hydrogen) atoms. The molecule has 1 unspecified atom stereocenters. The van der Waals surface area contributed by atoms with E-state index in [9.17, 15) is 18.0 Å². The van der Waals surface area contributed by atoms with Gasteiger partial charge in [0.1, 0.15) is 0 Å². The number of rotatable bonds is 3. The molecule has 1 heterocycles. The van der Waals surface area contributed by atoms with Crippen molar-refractivity contribution in [2.45, 2.75) is 12.6 Å². The lowest BCUT2D eigenvalue weighted by molar-refractivity contribution is -0.137. The van der Waals surface area contributed by atoms with Crippen molar-refractivity contribution in [3.63, 3.8) is 0 Å². The van der Waals surface area contributed by atoms with Gasteiger partial charge in [-0.2, -0.15) is 13.2 Å². The van der Waals surface area contributed by atoms with Crippen LogP contribution in [0.3, 0.4) is 0 Å². The van der Waals surface area contributed by atoms with Crippen LogP contribution in [0.5, 0.6) is 0 Å². The Kier molecular flexibility index (Phi) is 4.17. The molecule has 0 spiro atoms. The summed E-state index contributed by atoms with van der Waals surface area (Å²) in [6, 6.07) is 2.58. The van der Waals surface area contributed by atoms with Gasteiger partial charge in [0.15, 0.2) is 0 Å². The molecule has 1 aromatic carbocycles. The van der Waals surface area contributed by atoms with Crippen molar-refractivity contribution < 1.29 is 27.4 Å². The maximum atomic E-state index is 12.5. The second-order valence-corrected chi connectivity index (χ2v) is 4.63. The second-order valence-electron chi connectivity index (χ2n) is 4.63. The fourth-order valence-electron chi connectivity index (χ4n) is 1.91. The van der Waals surface area contributed by atoms with Gasteiger partial charge in [0, 0.05) is 18.2 Å². The van der Waals surface area contributed by atoms with Crippen LogP contribution in [0.1, 0.15) is 22.3 Å². The third kappa shape index (κ3) is 3.41. The summed E-state index contributed by atoms with van der Waals surface area (Å²) in [6.07, 6.45) is -3.69. The van der Waals surface area contributed by atoms with Crippen LogP contribution in [-0.4, -0.2) is 25.8 Å². The van der Waals surface area contributed by atoms with Gasteiger partial charge in [-0.1, -0.05) is 0 Å². The summed E-state index contributed by atoms with van der Waals surface area (Å²) in [5.74, 6) is -0.585. The van der Waals surface area contributed by atoms with Crippen LogP contribution in [-0.2, 0) is 15.7 Å². The maximum absolute atomic E-state index is 12.5. The highest BCUT2D eigenvalue weighted by molar-refractivity contribution is 5.95. The summed E-state index contributed by atoms with van der Waals surface area (Å²) < 4.78 is 47.6. The van der Waals surface area contributed by atoms with Crippen LogP contribution in [0, 0.1) is 5.92 Å². The van der Waals surface area contributed by atoms with Gasteiger partial charge < -0.3 is 15.2 Å². The topological polar surface area (TPSA) is 61.6 Å². The number of halogens is 3. The van der Waals surface area contributed by atoms with Crippen LogP contribution in [0.2, 0.25) is 0 Å². The zero-order valence-corrected chi connectivity index (χ0v) is 10.6. The number of carbonyl (C=O) groups excluding carboxylic acids is 1. The van der Waals surface area contributed by atoms with Crippen molar-refractivity contribution in [1.82, 2.24) is 0 Å². The van der Waals surface area contributed by atoms with Gasteiger partial charge in [-0.3, -0.25) is 0 Å². The molecule has 0 amide bonds. The normalized spacial score (nSPS) is 19.1. The highest BCUT2D eigenvalue weighted by Gasteiger charge is 2.31. The first-order valence-electron chi connectivity index (χ1n) is 6.09. The molecule has 0 aliphatic carbocycles. The smallest absolute Gasteiger partial charge is 0.416 e. The fourth-order valence-corrected chi connectivity index (χ4v) is 1.91. The predicted molar refractivity (Wildman–Crippen MR) is 65.1 cm³/mol. The summed E-state index contributed by atoms with van der Waals surface area (Å²) in [7, 11) is 0. The van der Waals surface area contributed by atoms with Crippen LogP contribution in [0.25, 0.3) is 0 Å². The minimum atomic E-state index is -4.49. The van der Waals surface area contributed by atoms with Crippen LogP contribution in [0.15, 0.2) is 18.2 Å². The quantitative estimate of drug-likeness (QED) is 0.686. The van der Waals surface area contributed by atoms with E-state index in [4.69, 9.17) is 15.2 Å². The third-order valence-corrected chi connectivity index (χ3v) is 3.07. The molecule has 1 aromatic rings. The summed E-state index contributed by atoms with van der Waals surface area (Å²) in [5.41, 5.74) is 4.28. The molecule has 0 bridgehead atoms. The molecule has 1 saturated heterocycles. The number of ether oxygens (including phenoxy) is 2. The lowest BCUT2D eigenvalue weighted by Crippen LogP contribution is -2.16. The Morgan fingerprint density at radius 2 is 2.20 bits per heavy atom. The lowest BCUT2D eigenvalue weighted by Gasteiger charge is -2.12. The molecule has 110 valence electrons. The van der Waals surface area contributed by atoms with Crippen molar-refractivity contribution in [2.75, 3.05) is 25.6 Å². The van der Waals surface area contributed by atoms with Crippen molar-refractivity contribution >= 4 is 11.7 Å². The van der Waals surface area contributed by atoms with Gasteiger partial charge in [-0.05, 0) is 24.6 Å². The Balaban J connectivity index is 2.02. The number of esters is 1. The first kappa shape index (κ1) is 14.6. The van der Waals surface area contributed by atoms with Gasteiger partial charge in [0.25, 0.3) is 0 Å². The largest absolute Gasteiger partial charge is 0.462 e.